The van der Waals surface area contributed by atoms with Crippen molar-refractivity contribution in [3.8, 4) is 0 Å². The van der Waals surface area contributed by atoms with Gasteiger partial charge >= 0.3 is 5.69 Å². The van der Waals surface area contributed by atoms with Crippen molar-refractivity contribution < 1.29 is 4.79 Å². The minimum absolute atomic E-state index is 0.158. The number of H-pyrrole nitrogens is 1. The van der Waals surface area contributed by atoms with Crippen LogP contribution in [0.25, 0.3) is 0 Å². The zero-order chi connectivity index (χ0) is 10.7. The van der Waals surface area contributed by atoms with Crippen LogP contribution in [0.5, 0.6) is 0 Å². The molecule has 1 atom stereocenters. The van der Waals surface area contributed by atoms with Gasteiger partial charge in [0.05, 0.1) is 5.25 Å². The molecule has 1 aromatic rings. The minimum Gasteiger partial charge on any atom is -0.298 e. The fourth-order valence-corrected chi connectivity index (χ4v) is 1.90. The predicted molar refractivity (Wildman–Crippen MR) is 54.4 cm³/mol. The summed E-state index contributed by atoms with van der Waals surface area (Å²) in [5.74, 6) is 0.158. The molecular formula is C8H13N3O2S. The van der Waals surface area contributed by atoms with Crippen LogP contribution in [0.1, 0.15) is 20.3 Å². The first-order chi connectivity index (χ1) is 6.56. The van der Waals surface area contributed by atoms with Crippen molar-refractivity contribution in [1.29, 1.82) is 0 Å². The second-order valence-electron chi connectivity index (χ2n) is 2.95. The number of nitrogens with one attached hydrogen (secondary N) is 1. The molecule has 0 aliphatic carbocycles. The lowest BCUT2D eigenvalue weighted by molar-refractivity contribution is -0.118. The van der Waals surface area contributed by atoms with Crippen LogP contribution in [0.4, 0.5) is 0 Å². The third-order valence-electron chi connectivity index (χ3n) is 1.92. The summed E-state index contributed by atoms with van der Waals surface area (Å²) in [7, 11) is 1.62. The average Bonchev–Trinajstić information content (AvgIpc) is 2.48. The molecule has 0 saturated carbocycles. The zero-order valence-electron chi connectivity index (χ0n) is 8.40. The Morgan fingerprint density at radius 1 is 1.71 bits per heavy atom. The molecule has 0 bridgehead atoms. The van der Waals surface area contributed by atoms with Gasteiger partial charge in [-0.2, -0.15) is 0 Å². The Kier molecular flexibility index (Phi) is 3.51. The van der Waals surface area contributed by atoms with E-state index < -0.39 is 0 Å². The van der Waals surface area contributed by atoms with Gasteiger partial charge in [-0.15, -0.1) is 5.10 Å². The molecule has 1 heterocycles. The summed E-state index contributed by atoms with van der Waals surface area (Å²) in [4.78, 5) is 22.3. The molecule has 0 radical (unpaired) electrons. The standard InChI is InChI=1S/C8H13N3O2S/c1-4-6(12)5(2)14-8-10-9-7(13)11(8)3/h5H,4H2,1-3H3,(H,9,13). The van der Waals surface area contributed by atoms with Crippen molar-refractivity contribution in [2.45, 2.75) is 30.7 Å². The van der Waals surface area contributed by atoms with E-state index >= 15 is 0 Å². The third kappa shape index (κ3) is 2.25. The monoisotopic (exact) mass is 215 g/mol. The maximum Gasteiger partial charge on any atom is 0.343 e. The predicted octanol–water partition coefficient (Wildman–Crippen LogP) is 0.568. The number of carbonyl (C=O) groups excluding carboxylic acids is 1. The Morgan fingerprint density at radius 2 is 2.36 bits per heavy atom. The number of nitrogens with zero attached hydrogens (tertiary/aromatic N) is 2. The van der Waals surface area contributed by atoms with Gasteiger partial charge in [0.1, 0.15) is 5.78 Å². The maximum atomic E-state index is 11.3. The number of Topliss-reactive ketones (excluding diaryl/α,β-unsaturated/α-hetero) is 1. The Balaban J connectivity index is 2.74. The average molecular weight is 215 g/mol. The normalized spacial score (nSPS) is 12.8. The van der Waals surface area contributed by atoms with E-state index in [1.54, 1.807) is 7.05 Å². The summed E-state index contributed by atoms with van der Waals surface area (Å²) in [6.45, 7) is 3.64. The Hall–Kier alpha value is -1.04. The van der Waals surface area contributed by atoms with E-state index in [0.29, 0.717) is 11.6 Å². The summed E-state index contributed by atoms with van der Waals surface area (Å²) in [6, 6.07) is 0. The molecule has 0 saturated heterocycles. The number of aromatic nitrogens is 3. The van der Waals surface area contributed by atoms with E-state index in [1.165, 1.54) is 16.3 Å². The molecule has 6 heteroatoms. The van der Waals surface area contributed by atoms with Gasteiger partial charge in [0.15, 0.2) is 5.16 Å². The number of hydrogen-bond donors (Lipinski definition) is 1. The molecule has 1 rings (SSSR count). The van der Waals surface area contributed by atoms with E-state index in [0.717, 1.165) is 0 Å². The van der Waals surface area contributed by atoms with Gasteiger partial charge < -0.3 is 0 Å². The second-order valence-corrected chi connectivity index (χ2v) is 4.26. The minimum atomic E-state index is -0.261. The SMILES string of the molecule is CCC(=O)C(C)Sc1n[nH]c(=O)n1C. The molecule has 0 aliphatic rings. The number of carbonyl (C=O) groups is 1. The number of ketones is 1. The largest absolute Gasteiger partial charge is 0.343 e. The lowest BCUT2D eigenvalue weighted by Gasteiger charge is -2.06. The molecule has 0 spiro atoms. The number of thioether (sulfide) groups is 1. The zero-order valence-corrected chi connectivity index (χ0v) is 9.22. The second kappa shape index (κ2) is 4.45. The Bertz CT molecular complexity index is 382. The topological polar surface area (TPSA) is 67.8 Å². The lowest BCUT2D eigenvalue weighted by Crippen LogP contribution is -2.16. The van der Waals surface area contributed by atoms with Crippen LogP contribution < -0.4 is 5.69 Å². The van der Waals surface area contributed by atoms with Crippen molar-refractivity contribution in [2.24, 2.45) is 7.05 Å². The summed E-state index contributed by atoms with van der Waals surface area (Å²) in [5, 5.41) is 6.52. The van der Waals surface area contributed by atoms with E-state index in [2.05, 4.69) is 10.2 Å². The van der Waals surface area contributed by atoms with Crippen molar-refractivity contribution >= 4 is 17.5 Å². The summed E-state index contributed by atoms with van der Waals surface area (Å²) in [5.41, 5.74) is -0.261. The Labute approximate surface area is 85.9 Å². The van der Waals surface area contributed by atoms with Crippen molar-refractivity contribution in [3.05, 3.63) is 10.5 Å². The molecule has 0 fully saturated rings. The van der Waals surface area contributed by atoms with Gasteiger partial charge in [-0.1, -0.05) is 18.7 Å². The van der Waals surface area contributed by atoms with Gasteiger partial charge in [-0.25, -0.2) is 9.89 Å². The molecule has 14 heavy (non-hydrogen) atoms. The quantitative estimate of drug-likeness (QED) is 0.745. The molecule has 1 unspecified atom stereocenters. The van der Waals surface area contributed by atoms with E-state index in [4.69, 9.17) is 0 Å². The number of rotatable bonds is 4. The third-order valence-corrected chi connectivity index (χ3v) is 3.12. The van der Waals surface area contributed by atoms with Crippen LogP contribution in [0.15, 0.2) is 9.95 Å². The smallest absolute Gasteiger partial charge is 0.298 e. The van der Waals surface area contributed by atoms with Gasteiger partial charge in [0.2, 0.25) is 0 Å². The molecule has 5 nitrogen and oxygen atoms in total. The van der Waals surface area contributed by atoms with Gasteiger partial charge in [-0.05, 0) is 6.92 Å². The number of aromatic amines is 1. The number of hydrogen-bond acceptors (Lipinski definition) is 4. The summed E-state index contributed by atoms with van der Waals surface area (Å²) < 4.78 is 1.39. The summed E-state index contributed by atoms with van der Waals surface area (Å²) >= 11 is 1.29. The maximum absolute atomic E-state index is 11.3. The van der Waals surface area contributed by atoms with Gasteiger partial charge in [-0.3, -0.25) is 9.36 Å². The van der Waals surface area contributed by atoms with Crippen LogP contribution >= 0.6 is 11.8 Å². The molecule has 0 amide bonds. The molecule has 0 aliphatic heterocycles. The highest BCUT2D eigenvalue weighted by Gasteiger charge is 2.15. The van der Waals surface area contributed by atoms with E-state index in [-0.39, 0.29) is 16.7 Å². The highest BCUT2D eigenvalue weighted by molar-refractivity contribution is 8.00. The van der Waals surface area contributed by atoms with Gasteiger partial charge in [0.25, 0.3) is 0 Å². The van der Waals surface area contributed by atoms with Crippen LogP contribution in [-0.2, 0) is 11.8 Å². The summed E-state index contributed by atoms with van der Waals surface area (Å²) in [6.07, 6.45) is 0.506. The van der Waals surface area contributed by atoms with Crippen LogP contribution in [-0.4, -0.2) is 25.8 Å². The van der Waals surface area contributed by atoms with E-state index in [9.17, 15) is 9.59 Å². The van der Waals surface area contributed by atoms with Gasteiger partial charge in [0, 0.05) is 13.5 Å². The first-order valence-corrected chi connectivity index (χ1v) is 5.25. The van der Waals surface area contributed by atoms with Crippen LogP contribution in [0.2, 0.25) is 0 Å². The fraction of sp³-hybridized carbons (Fsp3) is 0.625. The van der Waals surface area contributed by atoms with Crippen molar-refractivity contribution in [2.75, 3.05) is 0 Å². The fourth-order valence-electron chi connectivity index (χ4n) is 0.949. The van der Waals surface area contributed by atoms with E-state index in [1.807, 2.05) is 13.8 Å². The first kappa shape index (κ1) is 11.0. The highest BCUT2D eigenvalue weighted by atomic mass is 32.2. The van der Waals surface area contributed by atoms with Crippen molar-refractivity contribution in [1.82, 2.24) is 14.8 Å². The molecule has 1 N–H and O–H groups in total. The molecular weight excluding hydrogens is 202 g/mol. The molecule has 78 valence electrons. The first-order valence-electron chi connectivity index (χ1n) is 4.37. The highest BCUT2D eigenvalue weighted by Crippen LogP contribution is 2.20. The Morgan fingerprint density at radius 3 is 2.79 bits per heavy atom. The molecule has 0 aromatic carbocycles. The van der Waals surface area contributed by atoms with Crippen molar-refractivity contribution in [3.63, 3.8) is 0 Å². The van der Waals surface area contributed by atoms with Crippen LogP contribution in [0.3, 0.4) is 0 Å². The van der Waals surface area contributed by atoms with Crippen LogP contribution in [0, 0.1) is 0 Å². The molecule has 1 aromatic heterocycles. The lowest BCUT2D eigenvalue weighted by atomic mass is 10.2.